The van der Waals surface area contributed by atoms with E-state index in [9.17, 15) is 19.2 Å². The first kappa shape index (κ1) is 20.6. The van der Waals surface area contributed by atoms with Gasteiger partial charge in [0, 0.05) is 18.4 Å². The van der Waals surface area contributed by atoms with Gasteiger partial charge in [-0.1, -0.05) is 19.1 Å². The molecule has 148 valence electrons. The molecule has 0 bridgehead atoms. The standard InChI is InChI=1S/C18H25N3O6/c1-4-8-19-15(23)20(9-5-2)17(25)21(16(19)24)10-6-7-14(22)27-13-18(3)11-26-12-18/h4-5H,1-2,6-13H2,3H3. The lowest BCUT2D eigenvalue weighted by atomic mass is 9.90. The lowest BCUT2D eigenvalue weighted by Gasteiger charge is -2.37. The summed E-state index contributed by atoms with van der Waals surface area (Å²) in [4.78, 5) is 49.0. The molecule has 27 heavy (non-hydrogen) atoms. The molecular formula is C18H25N3O6. The number of ether oxygens (including phenoxy) is 2. The maximum atomic E-state index is 12.4. The molecule has 9 nitrogen and oxygen atoms in total. The van der Waals surface area contributed by atoms with Gasteiger partial charge in [0.15, 0.2) is 0 Å². The SMILES string of the molecule is C=CCn1c(=O)n(CC=C)c(=O)n(CCCC(=O)OCC2(C)COC2)c1=O. The smallest absolute Gasteiger partial charge is 0.336 e. The van der Waals surface area contributed by atoms with Crippen LogP contribution < -0.4 is 17.1 Å². The van der Waals surface area contributed by atoms with E-state index >= 15 is 0 Å². The minimum atomic E-state index is -0.724. The number of nitrogens with zero attached hydrogens (tertiary/aromatic N) is 3. The minimum absolute atomic E-state index is 0.00170. The van der Waals surface area contributed by atoms with Crippen LogP contribution in [-0.4, -0.2) is 39.5 Å². The van der Waals surface area contributed by atoms with Crippen LogP contribution in [0.2, 0.25) is 0 Å². The fourth-order valence-electron chi connectivity index (χ4n) is 2.69. The van der Waals surface area contributed by atoms with Crippen molar-refractivity contribution < 1.29 is 14.3 Å². The molecule has 0 radical (unpaired) electrons. The Bertz CT molecular complexity index is 840. The molecule has 2 heterocycles. The molecule has 0 spiro atoms. The number of esters is 1. The molecule has 1 aromatic heterocycles. The van der Waals surface area contributed by atoms with Gasteiger partial charge >= 0.3 is 23.0 Å². The van der Waals surface area contributed by atoms with Crippen molar-refractivity contribution >= 4 is 5.97 Å². The quantitative estimate of drug-likeness (QED) is 0.416. The highest BCUT2D eigenvalue weighted by Crippen LogP contribution is 2.26. The van der Waals surface area contributed by atoms with Crippen molar-refractivity contribution in [3.8, 4) is 0 Å². The van der Waals surface area contributed by atoms with Crippen LogP contribution in [0.1, 0.15) is 19.8 Å². The van der Waals surface area contributed by atoms with E-state index in [1.807, 2.05) is 6.92 Å². The Labute approximate surface area is 156 Å². The molecular weight excluding hydrogens is 354 g/mol. The summed E-state index contributed by atoms with van der Waals surface area (Å²) in [6.07, 6.45) is 3.10. The highest BCUT2D eigenvalue weighted by Gasteiger charge is 2.34. The topological polar surface area (TPSA) is 102 Å². The van der Waals surface area contributed by atoms with Gasteiger partial charge in [0.1, 0.15) is 6.61 Å². The number of carbonyl (C=O) groups excluding carboxylic acids is 1. The van der Waals surface area contributed by atoms with Crippen molar-refractivity contribution in [3.05, 3.63) is 56.8 Å². The lowest BCUT2D eigenvalue weighted by molar-refractivity contribution is -0.165. The van der Waals surface area contributed by atoms with E-state index < -0.39 is 23.0 Å². The molecule has 9 heteroatoms. The molecule has 1 aromatic rings. The van der Waals surface area contributed by atoms with Gasteiger partial charge in [-0.25, -0.2) is 28.1 Å². The van der Waals surface area contributed by atoms with Crippen LogP contribution in [0.3, 0.4) is 0 Å². The van der Waals surface area contributed by atoms with Gasteiger partial charge in [0.05, 0.1) is 26.3 Å². The van der Waals surface area contributed by atoms with Crippen molar-refractivity contribution in [1.82, 2.24) is 13.7 Å². The maximum absolute atomic E-state index is 12.4. The van der Waals surface area contributed by atoms with Crippen LogP contribution in [0.4, 0.5) is 0 Å². The van der Waals surface area contributed by atoms with E-state index in [4.69, 9.17) is 9.47 Å². The predicted molar refractivity (Wildman–Crippen MR) is 98.7 cm³/mol. The van der Waals surface area contributed by atoms with Crippen LogP contribution in [0.5, 0.6) is 0 Å². The first-order chi connectivity index (χ1) is 12.8. The normalized spacial score (nSPS) is 15.0. The van der Waals surface area contributed by atoms with Gasteiger partial charge < -0.3 is 9.47 Å². The first-order valence-corrected chi connectivity index (χ1v) is 8.72. The van der Waals surface area contributed by atoms with E-state index in [2.05, 4.69) is 13.2 Å². The van der Waals surface area contributed by atoms with Crippen LogP contribution in [0.25, 0.3) is 0 Å². The fraction of sp³-hybridized carbons (Fsp3) is 0.556. The number of rotatable bonds is 10. The Kier molecular flexibility index (Phi) is 6.73. The summed E-state index contributed by atoms with van der Waals surface area (Å²) in [6, 6.07) is 0. The summed E-state index contributed by atoms with van der Waals surface area (Å²) in [5, 5.41) is 0. The Balaban J connectivity index is 2.08. The molecule has 0 N–H and O–H groups in total. The van der Waals surface area contributed by atoms with Crippen molar-refractivity contribution in [1.29, 1.82) is 0 Å². The number of allylic oxidation sites excluding steroid dienone is 2. The summed E-state index contributed by atoms with van der Waals surface area (Å²) in [5.74, 6) is -0.401. The summed E-state index contributed by atoms with van der Waals surface area (Å²) < 4.78 is 13.1. The van der Waals surface area contributed by atoms with Crippen LogP contribution in [0.15, 0.2) is 39.7 Å². The Morgan fingerprint density at radius 1 is 1.07 bits per heavy atom. The Morgan fingerprint density at radius 2 is 1.59 bits per heavy atom. The molecule has 0 unspecified atom stereocenters. The van der Waals surface area contributed by atoms with Gasteiger partial charge in [0.25, 0.3) is 0 Å². The molecule has 1 aliphatic heterocycles. The van der Waals surface area contributed by atoms with Crippen molar-refractivity contribution in [2.75, 3.05) is 19.8 Å². The third kappa shape index (κ3) is 4.73. The predicted octanol–water partition coefficient (Wildman–Crippen LogP) is -0.0964. The molecule has 0 saturated carbocycles. The second-order valence-corrected chi connectivity index (χ2v) is 6.87. The molecule has 1 fully saturated rings. The monoisotopic (exact) mass is 379 g/mol. The summed E-state index contributed by atoms with van der Waals surface area (Å²) in [5.41, 5.74) is -2.29. The van der Waals surface area contributed by atoms with Crippen molar-refractivity contribution in [2.24, 2.45) is 5.41 Å². The fourth-order valence-corrected chi connectivity index (χ4v) is 2.69. The van der Waals surface area contributed by atoms with E-state index in [1.54, 1.807) is 0 Å². The van der Waals surface area contributed by atoms with Gasteiger partial charge in [-0.05, 0) is 6.42 Å². The largest absolute Gasteiger partial charge is 0.465 e. The molecule has 1 saturated heterocycles. The Hall–Kier alpha value is -2.68. The van der Waals surface area contributed by atoms with Crippen LogP contribution in [-0.2, 0) is 33.9 Å². The van der Waals surface area contributed by atoms with E-state index in [1.165, 1.54) is 12.2 Å². The molecule has 0 atom stereocenters. The molecule has 2 rings (SSSR count). The Morgan fingerprint density at radius 3 is 2.04 bits per heavy atom. The van der Waals surface area contributed by atoms with Crippen LogP contribution >= 0.6 is 0 Å². The van der Waals surface area contributed by atoms with Crippen LogP contribution in [0, 0.1) is 5.41 Å². The highest BCUT2D eigenvalue weighted by atomic mass is 16.5. The lowest BCUT2D eigenvalue weighted by Crippen LogP contribution is -2.54. The molecule has 0 aromatic carbocycles. The second kappa shape index (κ2) is 8.81. The molecule has 0 amide bonds. The zero-order valence-electron chi connectivity index (χ0n) is 15.5. The third-order valence-electron chi connectivity index (χ3n) is 4.25. The number of hydrogen-bond donors (Lipinski definition) is 0. The average molecular weight is 379 g/mol. The van der Waals surface area contributed by atoms with Gasteiger partial charge in [-0.3, -0.25) is 4.79 Å². The highest BCUT2D eigenvalue weighted by molar-refractivity contribution is 5.69. The molecule has 1 aliphatic rings. The zero-order chi connectivity index (χ0) is 20.0. The molecule has 0 aliphatic carbocycles. The van der Waals surface area contributed by atoms with Gasteiger partial charge in [-0.15, -0.1) is 13.2 Å². The number of hydrogen-bond acceptors (Lipinski definition) is 6. The zero-order valence-corrected chi connectivity index (χ0v) is 15.5. The van der Waals surface area contributed by atoms with Crippen molar-refractivity contribution in [3.63, 3.8) is 0 Å². The summed E-state index contributed by atoms with van der Waals surface area (Å²) in [6.45, 7) is 10.4. The van der Waals surface area contributed by atoms with E-state index in [-0.39, 0.29) is 44.5 Å². The third-order valence-corrected chi connectivity index (χ3v) is 4.25. The second-order valence-electron chi connectivity index (χ2n) is 6.87. The minimum Gasteiger partial charge on any atom is -0.465 e. The summed E-state index contributed by atoms with van der Waals surface area (Å²) >= 11 is 0. The summed E-state index contributed by atoms with van der Waals surface area (Å²) in [7, 11) is 0. The number of carbonyl (C=O) groups is 1. The maximum Gasteiger partial charge on any atom is 0.336 e. The number of aromatic nitrogens is 3. The van der Waals surface area contributed by atoms with E-state index in [0.29, 0.717) is 13.2 Å². The van der Waals surface area contributed by atoms with E-state index in [0.717, 1.165) is 13.7 Å². The average Bonchev–Trinajstić information content (AvgIpc) is 2.61. The van der Waals surface area contributed by atoms with Crippen molar-refractivity contribution in [2.45, 2.75) is 39.4 Å². The first-order valence-electron chi connectivity index (χ1n) is 8.72. The van der Waals surface area contributed by atoms with Gasteiger partial charge in [0.2, 0.25) is 0 Å². The van der Waals surface area contributed by atoms with Gasteiger partial charge in [-0.2, -0.15) is 0 Å².